The number of nitrogens with one attached hydrogen (secondary N) is 1. The van der Waals surface area contributed by atoms with Crippen molar-refractivity contribution in [3.8, 4) is 0 Å². The van der Waals surface area contributed by atoms with Crippen LogP contribution in [0.4, 0.5) is 0 Å². The van der Waals surface area contributed by atoms with Crippen molar-refractivity contribution >= 4 is 17.5 Å². The molecule has 1 aliphatic carbocycles. The molecule has 2 amide bonds. The predicted octanol–water partition coefficient (Wildman–Crippen LogP) is 2.08. The molecule has 22 heavy (non-hydrogen) atoms. The van der Waals surface area contributed by atoms with Gasteiger partial charge in [0.15, 0.2) is 0 Å². The number of benzene rings is 1. The van der Waals surface area contributed by atoms with Gasteiger partial charge in [0.05, 0.1) is 5.92 Å². The van der Waals surface area contributed by atoms with E-state index in [-0.39, 0.29) is 24.2 Å². The normalized spacial score (nSPS) is 21.3. The summed E-state index contributed by atoms with van der Waals surface area (Å²) in [6.07, 6.45) is 4.54. The molecule has 1 heterocycles. The number of carbonyl (C=O) groups excluding carboxylic acids is 2. The van der Waals surface area contributed by atoms with Crippen LogP contribution >= 0.6 is 0 Å². The Morgan fingerprint density at radius 2 is 1.95 bits per heavy atom. The quantitative estimate of drug-likeness (QED) is 0.865. The van der Waals surface area contributed by atoms with Crippen LogP contribution in [0.3, 0.4) is 0 Å². The molecule has 2 fully saturated rings. The Labute approximate surface area is 130 Å². The molecule has 0 spiro atoms. The lowest BCUT2D eigenvalue weighted by Gasteiger charge is -2.16. The average Bonchev–Trinajstić information content (AvgIpc) is 3.16. The third-order valence-corrected chi connectivity index (χ3v) is 4.31. The zero-order chi connectivity index (χ0) is 15.4. The van der Waals surface area contributed by atoms with Crippen molar-refractivity contribution in [2.24, 2.45) is 11.0 Å². The van der Waals surface area contributed by atoms with E-state index < -0.39 is 0 Å². The van der Waals surface area contributed by atoms with Gasteiger partial charge in [0.1, 0.15) is 0 Å². The Kier molecular flexibility index (Phi) is 4.51. The third-order valence-electron chi connectivity index (χ3n) is 4.31. The van der Waals surface area contributed by atoms with Gasteiger partial charge in [0.25, 0.3) is 0 Å². The summed E-state index contributed by atoms with van der Waals surface area (Å²) in [4.78, 5) is 26.0. The maximum atomic E-state index is 12.1. The number of amides is 2. The Morgan fingerprint density at radius 1 is 1.23 bits per heavy atom. The Balaban J connectivity index is 1.54. The monoisotopic (exact) mass is 299 g/mol. The van der Waals surface area contributed by atoms with Crippen molar-refractivity contribution in [2.45, 2.75) is 38.6 Å². The molecule has 1 aliphatic heterocycles. The van der Waals surface area contributed by atoms with Crippen molar-refractivity contribution in [1.82, 2.24) is 10.3 Å². The molecular weight excluding hydrogens is 278 g/mol. The second-order valence-electron chi connectivity index (χ2n) is 6.02. The zero-order valence-corrected chi connectivity index (χ0v) is 12.6. The minimum atomic E-state index is -0.290. The Morgan fingerprint density at radius 3 is 2.68 bits per heavy atom. The molecule has 116 valence electrons. The number of likely N-dealkylation sites (tertiary alicyclic amines) is 1. The summed E-state index contributed by atoms with van der Waals surface area (Å²) in [6.45, 7) is 1.04. The third kappa shape index (κ3) is 3.53. The molecular formula is C17H21N3O2. The van der Waals surface area contributed by atoms with Crippen molar-refractivity contribution in [2.75, 3.05) is 6.54 Å². The van der Waals surface area contributed by atoms with Gasteiger partial charge in [-0.05, 0) is 31.2 Å². The maximum absolute atomic E-state index is 12.1. The van der Waals surface area contributed by atoms with E-state index in [0.29, 0.717) is 13.1 Å². The lowest BCUT2D eigenvalue weighted by Crippen LogP contribution is -2.30. The largest absolute Gasteiger partial charge is 0.338 e. The predicted molar refractivity (Wildman–Crippen MR) is 84.0 cm³/mol. The van der Waals surface area contributed by atoms with Crippen molar-refractivity contribution in [3.05, 3.63) is 35.9 Å². The van der Waals surface area contributed by atoms with Crippen LogP contribution in [0, 0.1) is 5.92 Å². The molecule has 3 rings (SSSR count). The highest BCUT2D eigenvalue weighted by Gasteiger charge is 2.34. The number of rotatable bonds is 4. The first-order chi connectivity index (χ1) is 10.7. The highest BCUT2D eigenvalue weighted by Crippen LogP contribution is 2.20. The minimum Gasteiger partial charge on any atom is -0.338 e. The molecule has 1 saturated heterocycles. The smallest absolute Gasteiger partial charge is 0.245 e. The van der Waals surface area contributed by atoms with Crippen LogP contribution in [0.15, 0.2) is 35.4 Å². The van der Waals surface area contributed by atoms with E-state index in [1.54, 1.807) is 4.90 Å². The van der Waals surface area contributed by atoms with Gasteiger partial charge in [-0.25, -0.2) is 5.43 Å². The molecule has 5 heteroatoms. The summed E-state index contributed by atoms with van der Waals surface area (Å²) in [5, 5.41) is 4.19. The van der Waals surface area contributed by atoms with Crippen LogP contribution in [-0.2, 0) is 16.1 Å². The molecule has 1 atom stereocenters. The van der Waals surface area contributed by atoms with Crippen LogP contribution in [0.5, 0.6) is 0 Å². The number of carbonyl (C=O) groups is 2. The first kappa shape index (κ1) is 14.8. The number of nitrogens with zero attached hydrogens (tertiary/aromatic N) is 2. The summed E-state index contributed by atoms with van der Waals surface area (Å²) in [7, 11) is 0. The van der Waals surface area contributed by atoms with Gasteiger partial charge in [-0.1, -0.05) is 30.3 Å². The van der Waals surface area contributed by atoms with Crippen LogP contribution in [0.25, 0.3) is 0 Å². The summed E-state index contributed by atoms with van der Waals surface area (Å²) >= 11 is 0. The summed E-state index contributed by atoms with van der Waals surface area (Å²) in [5.41, 5.74) is 4.80. The molecule has 0 aromatic heterocycles. The highest BCUT2D eigenvalue weighted by molar-refractivity contribution is 5.91. The molecule has 1 aromatic carbocycles. The van der Waals surface area contributed by atoms with Gasteiger partial charge < -0.3 is 4.90 Å². The number of hydrazone groups is 1. The van der Waals surface area contributed by atoms with Crippen molar-refractivity contribution in [1.29, 1.82) is 0 Å². The Hall–Kier alpha value is -2.17. The molecule has 2 aliphatic rings. The van der Waals surface area contributed by atoms with Crippen LogP contribution < -0.4 is 5.43 Å². The zero-order valence-electron chi connectivity index (χ0n) is 12.6. The topological polar surface area (TPSA) is 61.8 Å². The molecule has 5 nitrogen and oxygen atoms in total. The van der Waals surface area contributed by atoms with E-state index in [4.69, 9.17) is 0 Å². The highest BCUT2D eigenvalue weighted by atomic mass is 16.2. The van der Waals surface area contributed by atoms with Gasteiger partial charge in [0, 0.05) is 25.2 Å². The van der Waals surface area contributed by atoms with Crippen LogP contribution in [0.1, 0.15) is 37.7 Å². The Bertz CT molecular complexity index is 575. The number of hydrogen-bond donors (Lipinski definition) is 1. The summed E-state index contributed by atoms with van der Waals surface area (Å²) in [6, 6.07) is 9.85. The van der Waals surface area contributed by atoms with E-state index in [1.807, 2.05) is 30.3 Å². The minimum absolute atomic E-state index is 0.0394. The van der Waals surface area contributed by atoms with E-state index in [0.717, 1.165) is 37.0 Å². The molecule has 1 aromatic rings. The average molecular weight is 299 g/mol. The lowest BCUT2D eigenvalue weighted by atomic mass is 10.1. The molecule has 1 unspecified atom stereocenters. The fourth-order valence-corrected chi connectivity index (χ4v) is 3.02. The van der Waals surface area contributed by atoms with Crippen LogP contribution in [-0.4, -0.2) is 29.0 Å². The van der Waals surface area contributed by atoms with Gasteiger partial charge in [-0.15, -0.1) is 0 Å². The SMILES string of the molecule is O=C(NN=C1CCCC1)C1CC(=O)N(Cc2ccccc2)C1. The standard InChI is InChI=1S/C17H21N3O2/c21-16-10-14(17(22)19-18-15-8-4-5-9-15)12-20(16)11-13-6-2-1-3-7-13/h1-3,6-7,14H,4-5,8-12H2,(H,19,22). The summed E-state index contributed by atoms with van der Waals surface area (Å²) < 4.78 is 0. The van der Waals surface area contributed by atoms with Crippen LogP contribution in [0.2, 0.25) is 0 Å². The first-order valence-corrected chi connectivity index (χ1v) is 7.89. The van der Waals surface area contributed by atoms with E-state index in [9.17, 15) is 9.59 Å². The summed E-state index contributed by atoms with van der Waals surface area (Å²) in [5.74, 6) is -0.386. The van der Waals surface area contributed by atoms with Gasteiger partial charge in [0.2, 0.25) is 11.8 Å². The van der Waals surface area contributed by atoms with Gasteiger partial charge in [-0.3, -0.25) is 9.59 Å². The van der Waals surface area contributed by atoms with Gasteiger partial charge in [-0.2, -0.15) is 5.10 Å². The van der Waals surface area contributed by atoms with E-state index >= 15 is 0 Å². The molecule has 1 N–H and O–H groups in total. The molecule has 0 radical (unpaired) electrons. The van der Waals surface area contributed by atoms with Crippen molar-refractivity contribution < 1.29 is 9.59 Å². The second-order valence-corrected chi connectivity index (χ2v) is 6.02. The maximum Gasteiger partial charge on any atom is 0.245 e. The van der Waals surface area contributed by atoms with Gasteiger partial charge >= 0.3 is 0 Å². The van der Waals surface area contributed by atoms with E-state index in [1.165, 1.54) is 0 Å². The number of hydrogen-bond acceptors (Lipinski definition) is 3. The lowest BCUT2D eigenvalue weighted by molar-refractivity contribution is -0.129. The fourth-order valence-electron chi connectivity index (χ4n) is 3.02. The molecule has 0 bridgehead atoms. The fraction of sp³-hybridized carbons (Fsp3) is 0.471. The second kappa shape index (κ2) is 6.73. The molecule has 1 saturated carbocycles. The van der Waals surface area contributed by atoms with E-state index in [2.05, 4.69) is 10.5 Å². The van der Waals surface area contributed by atoms with Crippen molar-refractivity contribution in [3.63, 3.8) is 0 Å². The first-order valence-electron chi connectivity index (χ1n) is 7.89.